The van der Waals surface area contributed by atoms with Crippen LogP contribution in [-0.4, -0.2) is 9.97 Å². The predicted molar refractivity (Wildman–Crippen MR) is 227 cm³/mol. The average molecular weight is 699 g/mol. The van der Waals surface area contributed by atoms with Crippen molar-refractivity contribution in [3.63, 3.8) is 0 Å². The highest BCUT2D eigenvalue weighted by molar-refractivity contribution is 5.83. The van der Waals surface area contributed by atoms with Crippen molar-refractivity contribution in [2.75, 3.05) is 9.80 Å². The van der Waals surface area contributed by atoms with E-state index >= 15 is 0 Å². The van der Waals surface area contributed by atoms with Gasteiger partial charge in [-0.2, -0.15) is 0 Å². The number of rotatable bonds is 9. The van der Waals surface area contributed by atoms with E-state index in [0.29, 0.717) is 0 Å². The maximum atomic E-state index is 4.80. The Bertz CT molecular complexity index is 2250. The summed E-state index contributed by atoms with van der Waals surface area (Å²) in [5, 5.41) is 0. The van der Waals surface area contributed by atoms with E-state index in [1.807, 2.05) is 12.4 Å². The smallest absolute Gasteiger partial charge is 0.0892 e. The summed E-state index contributed by atoms with van der Waals surface area (Å²) in [6.45, 7) is 8.48. The number of anilines is 6. The Morgan fingerprint density at radius 1 is 0.296 bits per heavy atom. The number of hydrogen-bond acceptors (Lipinski definition) is 4. The van der Waals surface area contributed by atoms with E-state index in [2.05, 4.69) is 207 Å². The van der Waals surface area contributed by atoms with Crippen LogP contribution in [0.25, 0.3) is 33.6 Å². The molecule has 0 N–H and O–H groups in total. The van der Waals surface area contributed by atoms with Gasteiger partial charge >= 0.3 is 0 Å². The van der Waals surface area contributed by atoms with Gasteiger partial charge in [0.15, 0.2) is 0 Å². The van der Waals surface area contributed by atoms with Gasteiger partial charge in [-0.15, -0.1) is 0 Å². The monoisotopic (exact) mass is 698 g/mol. The molecule has 0 aliphatic heterocycles. The number of aromatic nitrogens is 2. The van der Waals surface area contributed by atoms with Crippen molar-refractivity contribution in [3.05, 3.63) is 205 Å². The molecular formula is C50H42N4. The zero-order chi connectivity index (χ0) is 37.0. The summed E-state index contributed by atoms with van der Waals surface area (Å²) in [5.74, 6) is 0. The lowest BCUT2D eigenvalue weighted by atomic mass is 10.0. The minimum atomic E-state index is 0.825. The lowest BCUT2D eigenvalue weighted by Gasteiger charge is -2.26. The number of pyridine rings is 2. The summed E-state index contributed by atoms with van der Waals surface area (Å²) in [5.41, 5.74) is 17.6. The first kappa shape index (κ1) is 34.3. The normalized spacial score (nSPS) is 11.0. The lowest BCUT2D eigenvalue weighted by Crippen LogP contribution is -2.10. The Labute approximate surface area is 318 Å². The Morgan fingerprint density at radius 3 is 0.907 bits per heavy atom. The van der Waals surface area contributed by atoms with Crippen molar-refractivity contribution in [3.8, 4) is 33.6 Å². The molecule has 54 heavy (non-hydrogen) atoms. The summed E-state index contributed by atoms with van der Waals surface area (Å²) in [6.07, 6.45) is 3.76. The van der Waals surface area contributed by atoms with Gasteiger partial charge in [-0.25, -0.2) is 0 Å². The van der Waals surface area contributed by atoms with Gasteiger partial charge in [0.05, 0.1) is 11.4 Å². The topological polar surface area (TPSA) is 32.3 Å². The molecule has 0 aliphatic rings. The van der Waals surface area contributed by atoms with Crippen LogP contribution in [0, 0.1) is 27.7 Å². The molecule has 0 fully saturated rings. The summed E-state index contributed by atoms with van der Waals surface area (Å²) in [6, 6.07) is 60.6. The van der Waals surface area contributed by atoms with Crippen LogP contribution >= 0.6 is 0 Å². The fourth-order valence-electron chi connectivity index (χ4n) is 6.82. The molecule has 8 aromatic rings. The number of nitrogens with zero attached hydrogens (tertiary/aromatic N) is 4. The van der Waals surface area contributed by atoms with Crippen molar-refractivity contribution in [1.82, 2.24) is 9.97 Å². The van der Waals surface area contributed by atoms with Gasteiger partial charge in [0, 0.05) is 46.5 Å². The molecule has 0 saturated carbocycles. The molecule has 262 valence electrons. The summed E-state index contributed by atoms with van der Waals surface area (Å²) < 4.78 is 0. The standard InChI is InChI=1S/C50H42N4/c1-35-11-19-43(20-12-35)53(44-21-13-36(2)14-22-44)47-9-5-7-39(31-47)41-27-29-51-49(33-41)50-34-42(28-30-52-50)40-8-6-10-48(32-40)54(45-23-15-37(3)16-24-45)46-25-17-38(4)18-26-46/h5-34H,1-4H3. The Balaban J connectivity index is 1.13. The molecular weight excluding hydrogens is 657 g/mol. The number of aryl methyl sites for hydroxylation is 4. The third-order valence-corrected chi connectivity index (χ3v) is 9.83. The van der Waals surface area contributed by atoms with E-state index in [-0.39, 0.29) is 0 Å². The van der Waals surface area contributed by atoms with Gasteiger partial charge in [0.1, 0.15) is 0 Å². The molecule has 0 radical (unpaired) electrons. The summed E-state index contributed by atoms with van der Waals surface area (Å²) >= 11 is 0. The minimum absolute atomic E-state index is 0.825. The van der Waals surface area contributed by atoms with Crippen LogP contribution < -0.4 is 9.80 Å². The lowest BCUT2D eigenvalue weighted by molar-refractivity contribution is 1.24. The molecule has 0 bridgehead atoms. The molecule has 0 saturated heterocycles. The molecule has 0 unspecified atom stereocenters. The van der Waals surface area contributed by atoms with Crippen molar-refractivity contribution < 1.29 is 0 Å². The second kappa shape index (κ2) is 15.1. The highest BCUT2D eigenvalue weighted by Crippen LogP contribution is 2.39. The SMILES string of the molecule is Cc1ccc(N(c2ccc(C)cc2)c2cccc(-c3ccnc(-c4cc(-c5cccc(N(c6ccc(C)cc6)c6ccc(C)cc6)c5)ccn4)c3)c2)cc1. The summed E-state index contributed by atoms with van der Waals surface area (Å²) in [4.78, 5) is 14.2. The van der Waals surface area contributed by atoms with Crippen molar-refractivity contribution in [2.24, 2.45) is 0 Å². The van der Waals surface area contributed by atoms with E-state index in [0.717, 1.165) is 67.8 Å². The highest BCUT2D eigenvalue weighted by atomic mass is 15.1. The third kappa shape index (κ3) is 7.41. The second-order valence-electron chi connectivity index (χ2n) is 14.0. The van der Waals surface area contributed by atoms with Gasteiger partial charge in [-0.05, 0) is 147 Å². The fraction of sp³-hybridized carbons (Fsp3) is 0.0800. The molecule has 2 aromatic heterocycles. The molecule has 4 nitrogen and oxygen atoms in total. The predicted octanol–water partition coefficient (Wildman–Crippen LogP) is 13.7. The maximum absolute atomic E-state index is 4.80. The van der Waals surface area contributed by atoms with Gasteiger partial charge in [0.25, 0.3) is 0 Å². The third-order valence-electron chi connectivity index (χ3n) is 9.83. The van der Waals surface area contributed by atoms with E-state index in [1.54, 1.807) is 0 Å². The largest absolute Gasteiger partial charge is 0.310 e. The van der Waals surface area contributed by atoms with Crippen LogP contribution in [0.5, 0.6) is 0 Å². The van der Waals surface area contributed by atoms with Crippen LogP contribution in [0.15, 0.2) is 182 Å². The van der Waals surface area contributed by atoms with E-state index in [9.17, 15) is 0 Å². The van der Waals surface area contributed by atoms with Crippen molar-refractivity contribution in [2.45, 2.75) is 27.7 Å². The van der Waals surface area contributed by atoms with Crippen molar-refractivity contribution >= 4 is 34.1 Å². The maximum Gasteiger partial charge on any atom is 0.0892 e. The van der Waals surface area contributed by atoms with Crippen LogP contribution in [0.2, 0.25) is 0 Å². The van der Waals surface area contributed by atoms with E-state index < -0.39 is 0 Å². The van der Waals surface area contributed by atoms with Crippen LogP contribution in [0.3, 0.4) is 0 Å². The first-order valence-corrected chi connectivity index (χ1v) is 18.4. The molecule has 0 atom stereocenters. The first-order chi connectivity index (χ1) is 26.4. The van der Waals surface area contributed by atoms with Gasteiger partial charge in [-0.3, -0.25) is 9.97 Å². The molecule has 4 heteroatoms. The Hall–Kier alpha value is -6.78. The molecule has 0 aliphatic carbocycles. The minimum Gasteiger partial charge on any atom is -0.310 e. The Kier molecular flexibility index (Phi) is 9.57. The average Bonchev–Trinajstić information content (AvgIpc) is 3.21. The highest BCUT2D eigenvalue weighted by Gasteiger charge is 2.16. The van der Waals surface area contributed by atoms with Gasteiger partial charge in [0.2, 0.25) is 0 Å². The van der Waals surface area contributed by atoms with E-state index in [1.165, 1.54) is 22.3 Å². The second-order valence-corrected chi connectivity index (χ2v) is 14.0. The quantitative estimate of drug-likeness (QED) is 0.150. The number of benzene rings is 6. The van der Waals surface area contributed by atoms with E-state index in [4.69, 9.17) is 9.97 Å². The molecule has 0 spiro atoms. The van der Waals surface area contributed by atoms with Gasteiger partial charge in [-0.1, -0.05) is 95.1 Å². The molecule has 8 rings (SSSR count). The molecule has 2 heterocycles. The van der Waals surface area contributed by atoms with Crippen molar-refractivity contribution in [1.29, 1.82) is 0 Å². The molecule has 6 aromatic carbocycles. The molecule has 0 amide bonds. The number of hydrogen-bond donors (Lipinski definition) is 0. The van der Waals surface area contributed by atoms with Crippen LogP contribution in [-0.2, 0) is 0 Å². The zero-order valence-corrected chi connectivity index (χ0v) is 31.1. The summed E-state index contributed by atoms with van der Waals surface area (Å²) in [7, 11) is 0. The van der Waals surface area contributed by atoms with Crippen LogP contribution in [0.1, 0.15) is 22.3 Å². The van der Waals surface area contributed by atoms with Crippen LogP contribution in [0.4, 0.5) is 34.1 Å². The van der Waals surface area contributed by atoms with Gasteiger partial charge < -0.3 is 9.80 Å². The zero-order valence-electron chi connectivity index (χ0n) is 31.1. The Morgan fingerprint density at radius 2 is 0.593 bits per heavy atom. The fourth-order valence-corrected chi connectivity index (χ4v) is 6.82. The first-order valence-electron chi connectivity index (χ1n) is 18.4.